The van der Waals surface area contributed by atoms with Crippen molar-refractivity contribution in [3.8, 4) is 11.5 Å². The normalized spacial score (nSPS) is 16.6. The third kappa shape index (κ3) is 3.62. The maximum Gasteiger partial charge on any atom is 0.306 e. The standard InChI is InChI=1S/C18H22N2O3/c1-12-4-3-5-15(10-12)17-19-16(13(2)23-17)11-20-8-6-14(7-9-20)18(21)22/h3-5,10,14H,6-9,11H2,1-2H3,(H,21,22). The molecule has 1 aliphatic heterocycles. The molecule has 0 unspecified atom stereocenters. The number of piperidine rings is 1. The minimum atomic E-state index is -0.677. The van der Waals surface area contributed by atoms with E-state index >= 15 is 0 Å². The van der Waals surface area contributed by atoms with Crippen molar-refractivity contribution in [3.05, 3.63) is 41.3 Å². The zero-order chi connectivity index (χ0) is 16.4. The Labute approximate surface area is 135 Å². The molecule has 1 saturated heterocycles. The van der Waals surface area contributed by atoms with Gasteiger partial charge >= 0.3 is 5.97 Å². The number of rotatable bonds is 4. The fraction of sp³-hybridized carbons (Fsp3) is 0.444. The first-order valence-electron chi connectivity index (χ1n) is 8.01. The third-order valence-electron chi connectivity index (χ3n) is 4.47. The Balaban J connectivity index is 1.69. The summed E-state index contributed by atoms with van der Waals surface area (Å²) in [6.07, 6.45) is 1.41. The molecule has 2 aromatic rings. The van der Waals surface area contributed by atoms with Gasteiger partial charge in [-0.25, -0.2) is 4.98 Å². The maximum atomic E-state index is 11.0. The molecule has 1 aromatic carbocycles. The Morgan fingerprint density at radius 3 is 2.74 bits per heavy atom. The molecule has 0 saturated carbocycles. The van der Waals surface area contributed by atoms with Crippen LogP contribution in [0.3, 0.4) is 0 Å². The molecule has 2 heterocycles. The third-order valence-corrected chi connectivity index (χ3v) is 4.47. The Morgan fingerprint density at radius 1 is 1.35 bits per heavy atom. The van der Waals surface area contributed by atoms with Crippen LogP contribution in [0, 0.1) is 19.8 Å². The van der Waals surface area contributed by atoms with E-state index in [1.54, 1.807) is 0 Å². The van der Waals surface area contributed by atoms with Crippen molar-refractivity contribution in [2.24, 2.45) is 5.92 Å². The van der Waals surface area contributed by atoms with Crippen LogP contribution in [0.4, 0.5) is 0 Å². The summed E-state index contributed by atoms with van der Waals surface area (Å²) in [5.74, 6) is 0.611. The Morgan fingerprint density at radius 2 is 2.09 bits per heavy atom. The summed E-state index contributed by atoms with van der Waals surface area (Å²) in [7, 11) is 0. The lowest BCUT2D eigenvalue weighted by atomic mass is 9.97. The van der Waals surface area contributed by atoms with Gasteiger partial charge in [-0.3, -0.25) is 9.69 Å². The zero-order valence-corrected chi connectivity index (χ0v) is 13.6. The van der Waals surface area contributed by atoms with Crippen LogP contribution in [0.2, 0.25) is 0 Å². The summed E-state index contributed by atoms with van der Waals surface area (Å²) >= 11 is 0. The highest BCUT2D eigenvalue weighted by atomic mass is 16.4. The fourth-order valence-corrected chi connectivity index (χ4v) is 3.03. The number of carboxylic acid groups (broad SMARTS) is 1. The van der Waals surface area contributed by atoms with Crippen molar-refractivity contribution in [1.82, 2.24) is 9.88 Å². The molecule has 0 aliphatic carbocycles. The van der Waals surface area contributed by atoms with Crippen LogP contribution in [-0.2, 0) is 11.3 Å². The topological polar surface area (TPSA) is 66.6 Å². The summed E-state index contributed by atoms with van der Waals surface area (Å²) in [5.41, 5.74) is 3.11. The monoisotopic (exact) mass is 314 g/mol. The van der Waals surface area contributed by atoms with Gasteiger partial charge in [0.15, 0.2) is 0 Å². The summed E-state index contributed by atoms with van der Waals surface area (Å²) in [6, 6.07) is 8.11. The van der Waals surface area contributed by atoms with Crippen molar-refractivity contribution in [1.29, 1.82) is 0 Å². The van der Waals surface area contributed by atoms with E-state index in [0.29, 0.717) is 25.3 Å². The van der Waals surface area contributed by atoms with Gasteiger partial charge in [-0.05, 0) is 51.9 Å². The highest BCUT2D eigenvalue weighted by molar-refractivity contribution is 5.70. The second-order valence-electron chi connectivity index (χ2n) is 6.28. The van der Waals surface area contributed by atoms with Crippen molar-refractivity contribution < 1.29 is 14.3 Å². The van der Waals surface area contributed by atoms with E-state index in [9.17, 15) is 4.79 Å². The second-order valence-corrected chi connectivity index (χ2v) is 6.28. The number of hydrogen-bond donors (Lipinski definition) is 1. The Bertz CT molecular complexity index is 700. The van der Waals surface area contributed by atoms with E-state index < -0.39 is 5.97 Å². The van der Waals surface area contributed by atoms with Crippen molar-refractivity contribution in [2.75, 3.05) is 13.1 Å². The maximum absolute atomic E-state index is 11.0. The molecule has 1 N–H and O–H groups in total. The van der Waals surface area contributed by atoms with Gasteiger partial charge in [0.1, 0.15) is 5.76 Å². The number of aryl methyl sites for hydroxylation is 2. The molecule has 0 bridgehead atoms. The molecule has 0 radical (unpaired) electrons. The highest BCUT2D eigenvalue weighted by Crippen LogP contribution is 2.25. The highest BCUT2D eigenvalue weighted by Gasteiger charge is 2.25. The molecular formula is C18H22N2O3. The van der Waals surface area contributed by atoms with Crippen LogP contribution >= 0.6 is 0 Å². The molecule has 0 atom stereocenters. The van der Waals surface area contributed by atoms with Gasteiger partial charge in [-0.1, -0.05) is 17.7 Å². The predicted molar refractivity (Wildman–Crippen MR) is 87.0 cm³/mol. The van der Waals surface area contributed by atoms with Crippen molar-refractivity contribution in [3.63, 3.8) is 0 Å². The van der Waals surface area contributed by atoms with Gasteiger partial charge in [-0.15, -0.1) is 0 Å². The van der Waals surface area contributed by atoms with Gasteiger partial charge in [0.05, 0.1) is 11.6 Å². The van der Waals surface area contributed by atoms with Gasteiger partial charge in [0.2, 0.25) is 5.89 Å². The summed E-state index contributed by atoms with van der Waals surface area (Å²) < 4.78 is 5.82. The number of hydrogen-bond acceptors (Lipinski definition) is 4. The summed E-state index contributed by atoms with van der Waals surface area (Å²) in [4.78, 5) is 17.9. The van der Waals surface area contributed by atoms with Crippen molar-refractivity contribution >= 4 is 5.97 Å². The average Bonchev–Trinajstić information content (AvgIpc) is 2.89. The number of benzene rings is 1. The molecule has 0 amide bonds. The lowest BCUT2D eigenvalue weighted by Gasteiger charge is -2.29. The number of aromatic nitrogens is 1. The van der Waals surface area contributed by atoms with Crippen LogP contribution in [-0.4, -0.2) is 34.0 Å². The first kappa shape index (κ1) is 15.7. The lowest BCUT2D eigenvalue weighted by molar-refractivity contribution is -0.143. The van der Waals surface area contributed by atoms with Crippen LogP contribution in [0.5, 0.6) is 0 Å². The fourth-order valence-electron chi connectivity index (χ4n) is 3.03. The van der Waals surface area contributed by atoms with E-state index in [0.717, 1.165) is 30.1 Å². The predicted octanol–water partition coefficient (Wildman–Crippen LogP) is 3.26. The van der Waals surface area contributed by atoms with Crippen LogP contribution < -0.4 is 0 Å². The van der Waals surface area contributed by atoms with Gasteiger partial charge in [0.25, 0.3) is 0 Å². The number of carbonyl (C=O) groups is 1. The molecule has 1 aromatic heterocycles. The molecular weight excluding hydrogens is 292 g/mol. The largest absolute Gasteiger partial charge is 0.481 e. The molecule has 5 heteroatoms. The lowest BCUT2D eigenvalue weighted by Crippen LogP contribution is -2.36. The van der Waals surface area contributed by atoms with Crippen LogP contribution in [0.25, 0.3) is 11.5 Å². The number of oxazole rings is 1. The number of carboxylic acids is 1. The number of nitrogens with zero attached hydrogens (tertiary/aromatic N) is 2. The Hall–Kier alpha value is -2.14. The van der Waals surface area contributed by atoms with Crippen molar-refractivity contribution in [2.45, 2.75) is 33.2 Å². The molecule has 3 rings (SSSR count). The van der Waals surface area contributed by atoms with E-state index in [-0.39, 0.29) is 5.92 Å². The smallest absolute Gasteiger partial charge is 0.306 e. The second kappa shape index (κ2) is 6.54. The van der Waals surface area contributed by atoms with Gasteiger partial charge in [0, 0.05) is 12.1 Å². The number of aliphatic carboxylic acids is 1. The zero-order valence-electron chi connectivity index (χ0n) is 13.6. The van der Waals surface area contributed by atoms with E-state index in [2.05, 4.69) is 16.0 Å². The molecule has 5 nitrogen and oxygen atoms in total. The molecule has 0 spiro atoms. The van der Waals surface area contributed by atoms with E-state index in [1.807, 2.05) is 32.0 Å². The first-order valence-corrected chi connectivity index (χ1v) is 8.01. The summed E-state index contributed by atoms with van der Waals surface area (Å²) in [5, 5.41) is 9.06. The van der Waals surface area contributed by atoms with Gasteiger partial charge in [-0.2, -0.15) is 0 Å². The molecule has 122 valence electrons. The minimum Gasteiger partial charge on any atom is -0.481 e. The SMILES string of the molecule is Cc1cccc(-c2nc(CN3CCC(C(=O)O)CC3)c(C)o2)c1. The first-order chi connectivity index (χ1) is 11.0. The summed E-state index contributed by atoms with van der Waals surface area (Å²) in [6.45, 7) is 6.29. The molecule has 1 fully saturated rings. The molecule has 23 heavy (non-hydrogen) atoms. The quantitative estimate of drug-likeness (QED) is 0.938. The van der Waals surface area contributed by atoms with Gasteiger partial charge < -0.3 is 9.52 Å². The van der Waals surface area contributed by atoms with Crippen LogP contribution in [0.1, 0.15) is 29.9 Å². The van der Waals surface area contributed by atoms with Crippen LogP contribution in [0.15, 0.2) is 28.7 Å². The molecule has 1 aliphatic rings. The Kier molecular flexibility index (Phi) is 4.48. The average molecular weight is 314 g/mol. The van der Waals surface area contributed by atoms with E-state index in [4.69, 9.17) is 9.52 Å². The van der Waals surface area contributed by atoms with E-state index in [1.165, 1.54) is 5.56 Å². The number of likely N-dealkylation sites (tertiary alicyclic amines) is 1. The minimum absolute atomic E-state index is 0.201.